The minimum absolute atomic E-state index is 0.0744. The summed E-state index contributed by atoms with van der Waals surface area (Å²) in [5.41, 5.74) is 0.479. The molecule has 0 unspecified atom stereocenters. The number of phenols is 2. The van der Waals surface area contributed by atoms with Crippen LogP contribution in [-0.2, 0) is 0 Å². The summed E-state index contributed by atoms with van der Waals surface area (Å²) in [5.74, 6) is -0.353. The van der Waals surface area contributed by atoms with Gasteiger partial charge in [-0.3, -0.25) is 0 Å². The molecule has 0 atom stereocenters. The zero-order chi connectivity index (χ0) is 9.14. The Balaban J connectivity index is 3.13. The fraction of sp³-hybridized carbons (Fsp3) is 0.111. The van der Waals surface area contributed by atoms with E-state index in [-0.39, 0.29) is 17.3 Å². The lowest BCUT2D eigenvalue weighted by Gasteiger charge is -2.01. The number of rotatable bonds is 1. The number of aromatic hydroxyl groups is 2. The van der Waals surface area contributed by atoms with Crippen LogP contribution >= 0.6 is 0 Å². The van der Waals surface area contributed by atoms with Gasteiger partial charge < -0.3 is 15.3 Å². The Bertz CT molecular complexity index is 316. The predicted molar refractivity (Wildman–Crippen MR) is 46.1 cm³/mol. The molecule has 1 aromatic rings. The number of benzene rings is 1. The maximum Gasteiger partial charge on any atom is 0.158 e. The molecule has 0 saturated heterocycles. The molecular weight excluding hydrogens is 156 g/mol. The molecule has 0 aromatic heterocycles. The number of aliphatic hydroxyl groups is 1. The van der Waals surface area contributed by atoms with Gasteiger partial charge in [-0.15, -0.1) is 0 Å². The van der Waals surface area contributed by atoms with E-state index in [4.69, 9.17) is 10.2 Å². The molecule has 0 spiro atoms. The fourth-order valence-corrected chi connectivity index (χ4v) is 0.849. The van der Waals surface area contributed by atoms with Crippen molar-refractivity contribution in [2.24, 2.45) is 0 Å². The number of hydrogen-bond donors (Lipinski definition) is 3. The largest absolute Gasteiger partial charge is 0.508 e. The Morgan fingerprint density at radius 3 is 2.42 bits per heavy atom. The average Bonchev–Trinajstić information content (AvgIpc) is 2.08. The first-order chi connectivity index (χ1) is 5.65. The maximum atomic E-state index is 9.21. The van der Waals surface area contributed by atoms with Crippen molar-refractivity contribution in [1.82, 2.24) is 0 Å². The van der Waals surface area contributed by atoms with Crippen molar-refractivity contribution < 1.29 is 15.3 Å². The van der Waals surface area contributed by atoms with Crippen molar-refractivity contribution in [3.8, 4) is 11.5 Å². The molecule has 0 aliphatic rings. The van der Waals surface area contributed by atoms with Gasteiger partial charge in [0.05, 0.1) is 0 Å². The number of phenolic OH excluding ortho intramolecular Hbond substituents is 2. The van der Waals surface area contributed by atoms with Crippen LogP contribution in [0, 0.1) is 0 Å². The molecule has 0 saturated carbocycles. The van der Waals surface area contributed by atoms with Crippen LogP contribution < -0.4 is 0 Å². The molecule has 3 N–H and O–H groups in total. The molecule has 64 valence electrons. The Hall–Kier alpha value is -1.64. The van der Waals surface area contributed by atoms with Crippen LogP contribution in [0.3, 0.4) is 0 Å². The molecular formula is C9H10O3. The molecule has 1 rings (SSSR count). The molecule has 0 heterocycles. The lowest BCUT2D eigenvalue weighted by atomic mass is 10.1. The van der Waals surface area contributed by atoms with E-state index in [1.54, 1.807) is 6.92 Å². The van der Waals surface area contributed by atoms with Crippen LogP contribution in [0.15, 0.2) is 24.3 Å². The smallest absolute Gasteiger partial charge is 0.158 e. The SMILES string of the molecule is CC=C(O)c1ccc(O)c(O)c1. The van der Waals surface area contributed by atoms with Crippen LogP contribution in [0.5, 0.6) is 11.5 Å². The van der Waals surface area contributed by atoms with Crippen molar-refractivity contribution in [3.63, 3.8) is 0 Å². The highest BCUT2D eigenvalue weighted by molar-refractivity contribution is 5.61. The lowest BCUT2D eigenvalue weighted by Crippen LogP contribution is -1.81. The molecule has 3 nitrogen and oxygen atoms in total. The number of hydrogen-bond acceptors (Lipinski definition) is 3. The third kappa shape index (κ3) is 1.50. The van der Waals surface area contributed by atoms with Gasteiger partial charge in [-0.2, -0.15) is 0 Å². The summed E-state index contributed by atoms with van der Waals surface area (Å²) in [7, 11) is 0. The zero-order valence-electron chi connectivity index (χ0n) is 6.65. The number of aliphatic hydroxyl groups excluding tert-OH is 1. The van der Waals surface area contributed by atoms with E-state index in [0.717, 1.165) is 0 Å². The van der Waals surface area contributed by atoms with Crippen molar-refractivity contribution in [3.05, 3.63) is 29.8 Å². The van der Waals surface area contributed by atoms with E-state index in [9.17, 15) is 5.11 Å². The van der Waals surface area contributed by atoms with E-state index < -0.39 is 0 Å². The molecule has 12 heavy (non-hydrogen) atoms. The third-order valence-electron chi connectivity index (χ3n) is 1.54. The normalized spacial score (nSPS) is 11.6. The zero-order valence-corrected chi connectivity index (χ0v) is 6.65. The summed E-state index contributed by atoms with van der Waals surface area (Å²) in [6.45, 7) is 1.68. The summed E-state index contributed by atoms with van der Waals surface area (Å²) in [5, 5.41) is 27.2. The molecule has 0 aliphatic carbocycles. The highest BCUT2D eigenvalue weighted by atomic mass is 16.3. The van der Waals surface area contributed by atoms with Crippen LogP contribution in [0.2, 0.25) is 0 Å². The minimum atomic E-state index is -0.235. The Morgan fingerprint density at radius 2 is 1.92 bits per heavy atom. The van der Waals surface area contributed by atoms with Gasteiger partial charge in [-0.05, 0) is 31.2 Å². The monoisotopic (exact) mass is 166 g/mol. The summed E-state index contributed by atoms with van der Waals surface area (Å²) in [4.78, 5) is 0. The molecule has 1 aromatic carbocycles. The van der Waals surface area contributed by atoms with E-state index in [1.807, 2.05) is 0 Å². The van der Waals surface area contributed by atoms with Crippen LogP contribution in [-0.4, -0.2) is 15.3 Å². The van der Waals surface area contributed by atoms with Gasteiger partial charge in [0.1, 0.15) is 5.76 Å². The van der Waals surface area contributed by atoms with E-state index in [2.05, 4.69) is 0 Å². The second kappa shape index (κ2) is 3.17. The van der Waals surface area contributed by atoms with Crippen molar-refractivity contribution in [2.75, 3.05) is 0 Å². The van der Waals surface area contributed by atoms with Crippen LogP contribution in [0.25, 0.3) is 5.76 Å². The third-order valence-corrected chi connectivity index (χ3v) is 1.54. The van der Waals surface area contributed by atoms with Crippen molar-refractivity contribution >= 4 is 5.76 Å². The van der Waals surface area contributed by atoms with Gasteiger partial charge in [-0.25, -0.2) is 0 Å². The highest BCUT2D eigenvalue weighted by Gasteiger charge is 2.02. The lowest BCUT2D eigenvalue weighted by molar-refractivity contribution is 0.403. The van der Waals surface area contributed by atoms with Gasteiger partial charge in [0, 0.05) is 5.56 Å². The van der Waals surface area contributed by atoms with Gasteiger partial charge in [0.15, 0.2) is 11.5 Å². The summed E-state index contributed by atoms with van der Waals surface area (Å²) in [6.07, 6.45) is 1.51. The summed E-state index contributed by atoms with van der Waals surface area (Å²) in [6, 6.07) is 4.14. The highest BCUT2D eigenvalue weighted by Crippen LogP contribution is 2.27. The fourth-order valence-electron chi connectivity index (χ4n) is 0.849. The molecule has 0 aliphatic heterocycles. The van der Waals surface area contributed by atoms with Crippen LogP contribution in [0.1, 0.15) is 12.5 Å². The van der Waals surface area contributed by atoms with E-state index >= 15 is 0 Å². The Kier molecular flexibility index (Phi) is 2.24. The standard InChI is InChI=1S/C9H10O3/c1-2-7(10)6-3-4-8(11)9(12)5-6/h2-5,10-12H,1H3. The molecule has 0 amide bonds. The van der Waals surface area contributed by atoms with Crippen molar-refractivity contribution in [2.45, 2.75) is 6.92 Å². The van der Waals surface area contributed by atoms with Crippen molar-refractivity contribution in [1.29, 1.82) is 0 Å². The van der Waals surface area contributed by atoms with E-state index in [0.29, 0.717) is 5.56 Å². The van der Waals surface area contributed by atoms with Gasteiger partial charge in [0.25, 0.3) is 0 Å². The van der Waals surface area contributed by atoms with Crippen LogP contribution in [0.4, 0.5) is 0 Å². The quantitative estimate of drug-likeness (QED) is 0.441. The summed E-state index contributed by atoms with van der Waals surface area (Å²) >= 11 is 0. The first-order valence-corrected chi connectivity index (χ1v) is 3.52. The maximum absolute atomic E-state index is 9.21. The predicted octanol–water partition coefficient (Wildman–Crippen LogP) is 2.02. The molecule has 0 fully saturated rings. The topological polar surface area (TPSA) is 60.7 Å². The van der Waals surface area contributed by atoms with Gasteiger partial charge in [-0.1, -0.05) is 0 Å². The minimum Gasteiger partial charge on any atom is -0.508 e. The first kappa shape index (κ1) is 8.46. The number of allylic oxidation sites excluding steroid dienone is 1. The second-order valence-electron chi connectivity index (χ2n) is 2.38. The molecule has 3 heteroatoms. The Morgan fingerprint density at radius 1 is 1.25 bits per heavy atom. The first-order valence-electron chi connectivity index (χ1n) is 3.52. The second-order valence-corrected chi connectivity index (χ2v) is 2.38. The molecule has 0 radical (unpaired) electrons. The van der Waals surface area contributed by atoms with E-state index in [1.165, 1.54) is 24.3 Å². The summed E-state index contributed by atoms with van der Waals surface area (Å²) < 4.78 is 0. The van der Waals surface area contributed by atoms with Gasteiger partial charge in [0.2, 0.25) is 0 Å². The average molecular weight is 166 g/mol. The Labute approximate surface area is 70.2 Å². The van der Waals surface area contributed by atoms with Gasteiger partial charge >= 0.3 is 0 Å². The molecule has 0 bridgehead atoms.